The van der Waals surface area contributed by atoms with Crippen molar-refractivity contribution in [3.05, 3.63) is 29.8 Å². The van der Waals surface area contributed by atoms with Gasteiger partial charge >= 0.3 is 0 Å². The Morgan fingerprint density at radius 2 is 1.79 bits per heavy atom. The molecule has 1 N–H and O–H groups in total. The van der Waals surface area contributed by atoms with Gasteiger partial charge in [0, 0.05) is 5.92 Å². The number of benzene rings is 1. The molecule has 0 heterocycles. The molecule has 106 valence electrons. The van der Waals surface area contributed by atoms with Crippen molar-refractivity contribution in [2.75, 3.05) is 13.2 Å². The van der Waals surface area contributed by atoms with E-state index in [9.17, 15) is 4.79 Å². The highest BCUT2D eigenvalue weighted by atomic mass is 16.5. The number of hydrogen-bond donors (Lipinski definition) is 1. The highest BCUT2D eigenvalue weighted by Gasteiger charge is 2.12. The molecule has 0 saturated heterocycles. The molecule has 3 heteroatoms. The summed E-state index contributed by atoms with van der Waals surface area (Å²) in [6.07, 6.45) is 2.81. The number of hydrogen-bond acceptors (Lipinski definition) is 2. The molecule has 3 nitrogen and oxygen atoms in total. The molecule has 0 unspecified atom stereocenters. The van der Waals surface area contributed by atoms with E-state index in [0.29, 0.717) is 13.2 Å². The van der Waals surface area contributed by atoms with Gasteiger partial charge in [-0.1, -0.05) is 32.9 Å². The molecule has 1 aromatic carbocycles. The van der Waals surface area contributed by atoms with E-state index in [-0.39, 0.29) is 11.8 Å². The zero-order chi connectivity index (χ0) is 14.1. The second kappa shape index (κ2) is 8.57. The number of aryl methyl sites for hydroxylation is 1. The van der Waals surface area contributed by atoms with Gasteiger partial charge in [0.1, 0.15) is 12.4 Å². The van der Waals surface area contributed by atoms with Crippen LogP contribution in [0.5, 0.6) is 5.75 Å². The standard InChI is InChI=1S/C16H25NO2/c1-4-13-7-9-15(10-8-13)19-12-11-17-16(18)14(5-2)6-3/h7-10,14H,4-6,11-12H2,1-3H3,(H,17,18). The van der Waals surface area contributed by atoms with Crippen LogP contribution < -0.4 is 10.1 Å². The summed E-state index contributed by atoms with van der Waals surface area (Å²) in [6, 6.07) is 8.08. The van der Waals surface area contributed by atoms with E-state index in [1.54, 1.807) is 0 Å². The first-order chi connectivity index (χ1) is 9.21. The molecule has 0 aliphatic heterocycles. The van der Waals surface area contributed by atoms with E-state index in [0.717, 1.165) is 25.0 Å². The third kappa shape index (κ3) is 5.33. The predicted molar refractivity (Wildman–Crippen MR) is 78.4 cm³/mol. The summed E-state index contributed by atoms with van der Waals surface area (Å²) in [6.45, 7) is 7.28. The van der Waals surface area contributed by atoms with E-state index in [4.69, 9.17) is 4.74 Å². The highest BCUT2D eigenvalue weighted by Crippen LogP contribution is 2.12. The van der Waals surface area contributed by atoms with Gasteiger partial charge in [-0.25, -0.2) is 0 Å². The lowest BCUT2D eigenvalue weighted by atomic mass is 10.0. The van der Waals surface area contributed by atoms with E-state index >= 15 is 0 Å². The molecule has 0 bridgehead atoms. The Labute approximate surface area is 116 Å². The topological polar surface area (TPSA) is 38.3 Å². The van der Waals surface area contributed by atoms with Gasteiger partial charge in [0.25, 0.3) is 0 Å². The summed E-state index contributed by atoms with van der Waals surface area (Å²) >= 11 is 0. The largest absolute Gasteiger partial charge is 0.492 e. The van der Waals surface area contributed by atoms with Crippen LogP contribution in [-0.2, 0) is 11.2 Å². The SMILES string of the molecule is CCc1ccc(OCCNC(=O)C(CC)CC)cc1. The minimum Gasteiger partial charge on any atom is -0.492 e. The number of carbonyl (C=O) groups is 1. The van der Waals surface area contributed by atoms with Crippen LogP contribution in [0.2, 0.25) is 0 Å². The van der Waals surface area contributed by atoms with Gasteiger partial charge < -0.3 is 10.1 Å². The van der Waals surface area contributed by atoms with E-state index in [2.05, 4.69) is 24.4 Å². The average Bonchev–Trinajstić information content (AvgIpc) is 2.45. The minimum atomic E-state index is 0.129. The van der Waals surface area contributed by atoms with Crippen molar-refractivity contribution in [1.29, 1.82) is 0 Å². The summed E-state index contributed by atoms with van der Waals surface area (Å²) in [4.78, 5) is 11.7. The Morgan fingerprint density at radius 3 is 2.32 bits per heavy atom. The molecule has 0 aliphatic rings. The fourth-order valence-corrected chi connectivity index (χ4v) is 1.97. The van der Waals surface area contributed by atoms with Gasteiger partial charge in [0.2, 0.25) is 5.91 Å². The van der Waals surface area contributed by atoms with Gasteiger partial charge in [-0.3, -0.25) is 4.79 Å². The first-order valence-corrected chi connectivity index (χ1v) is 7.20. The van der Waals surface area contributed by atoms with E-state index in [1.165, 1.54) is 5.56 Å². The second-order valence-corrected chi connectivity index (χ2v) is 4.65. The van der Waals surface area contributed by atoms with Gasteiger partial charge in [0.05, 0.1) is 6.54 Å². The molecule has 1 amide bonds. The van der Waals surface area contributed by atoms with Crippen LogP contribution in [0.4, 0.5) is 0 Å². The molecule has 19 heavy (non-hydrogen) atoms. The zero-order valence-electron chi connectivity index (χ0n) is 12.2. The third-order valence-corrected chi connectivity index (χ3v) is 3.36. The summed E-state index contributed by atoms with van der Waals surface area (Å²) < 4.78 is 5.59. The number of amides is 1. The molecule has 0 atom stereocenters. The van der Waals surface area contributed by atoms with Crippen LogP contribution in [0.3, 0.4) is 0 Å². The van der Waals surface area contributed by atoms with Gasteiger partial charge in [0.15, 0.2) is 0 Å². The molecule has 1 rings (SSSR count). The average molecular weight is 263 g/mol. The summed E-state index contributed by atoms with van der Waals surface area (Å²) in [7, 11) is 0. The van der Waals surface area contributed by atoms with Crippen molar-refractivity contribution in [2.24, 2.45) is 5.92 Å². The van der Waals surface area contributed by atoms with E-state index < -0.39 is 0 Å². The van der Waals surface area contributed by atoms with Crippen molar-refractivity contribution in [2.45, 2.75) is 40.0 Å². The third-order valence-electron chi connectivity index (χ3n) is 3.36. The Balaban J connectivity index is 2.24. The Bertz CT molecular complexity index is 369. The number of nitrogens with one attached hydrogen (secondary N) is 1. The zero-order valence-corrected chi connectivity index (χ0v) is 12.2. The lowest BCUT2D eigenvalue weighted by Gasteiger charge is -2.13. The Kier molecular flexibility index (Phi) is 7.01. The predicted octanol–water partition coefficient (Wildman–Crippen LogP) is 3.18. The first kappa shape index (κ1) is 15.5. The van der Waals surface area contributed by atoms with Gasteiger partial charge in [-0.2, -0.15) is 0 Å². The fraction of sp³-hybridized carbons (Fsp3) is 0.562. The second-order valence-electron chi connectivity index (χ2n) is 4.65. The van der Waals surface area contributed by atoms with Crippen LogP contribution >= 0.6 is 0 Å². The summed E-state index contributed by atoms with van der Waals surface area (Å²) in [5.74, 6) is 1.12. The fourth-order valence-electron chi connectivity index (χ4n) is 1.97. The van der Waals surface area contributed by atoms with Gasteiger partial charge in [-0.05, 0) is 37.0 Å². The van der Waals surface area contributed by atoms with Crippen LogP contribution in [0.25, 0.3) is 0 Å². The lowest BCUT2D eigenvalue weighted by molar-refractivity contribution is -0.125. The Hall–Kier alpha value is -1.51. The van der Waals surface area contributed by atoms with Crippen LogP contribution in [-0.4, -0.2) is 19.1 Å². The maximum atomic E-state index is 11.7. The maximum absolute atomic E-state index is 11.7. The van der Waals surface area contributed by atoms with Crippen molar-refractivity contribution < 1.29 is 9.53 Å². The summed E-state index contributed by atoms with van der Waals surface area (Å²) in [5, 5.41) is 2.91. The number of carbonyl (C=O) groups excluding carboxylic acids is 1. The van der Waals surface area contributed by atoms with Crippen molar-refractivity contribution in [1.82, 2.24) is 5.32 Å². The monoisotopic (exact) mass is 263 g/mol. The molecule has 0 radical (unpaired) electrons. The van der Waals surface area contributed by atoms with Crippen molar-refractivity contribution >= 4 is 5.91 Å². The highest BCUT2D eigenvalue weighted by molar-refractivity contribution is 5.78. The molecule has 1 aromatic rings. The first-order valence-electron chi connectivity index (χ1n) is 7.20. The van der Waals surface area contributed by atoms with Crippen molar-refractivity contribution in [3.63, 3.8) is 0 Å². The lowest BCUT2D eigenvalue weighted by Crippen LogP contribution is -2.33. The van der Waals surface area contributed by atoms with Gasteiger partial charge in [-0.15, -0.1) is 0 Å². The quantitative estimate of drug-likeness (QED) is 0.732. The normalized spacial score (nSPS) is 10.5. The molecule has 0 fully saturated rings. The molecular formula is C16H25NO2. The van der Waals surface area contributed by atoms with Crippen molar-refractivity contribution in [3.8, 4) is 5.75 Å². The number of ether oxygens (including phenoxy) is 1. The van der Waals surface area contributed by atoms with Crippen LogP contribution in [0.15, 0.2) is 24.3 Å². The van der Waals surface area contributed by atoms with E-state index in [1.807, 2.05) is 26.0 Å². The smallest absolute Gasteiger partial charge is 0.223 e. The molecule has 0 aliphatic carbocycles. The molecular weight excluding hydrogens is 238 g/mol. The maximum Gasteiger partial charge on any atom is 0.223 e. The Morgan fingerprint density at radius 1 is 1.16 bits per heavy atom. The minimum absolute atomic E-state index is 0.129. The van der Waals surface area contributed by atoms with Crippen LogP contribution in [0.1, 0.15) is 39.2 Å². The summed E-state index contributed by atoms with van der Waals surface area (Å²) in [5.41, 5.74) is 1.30. The molecule has 0 saturated carbocycles. The van der Waals surface area contributed by atoms with Crippen LogP contribution in [0, 0.1) is 5.92 Å². The number of rotatable bonds is 8. The molecule has 0 aromatic heterocycles. The molecule has 0 spiro atoms.